The molecule has 11 heavy (non-hydrogen) atoms. The van der Waals surface area contributed by atoms with Crippen molar-refractivity contribution < 1.29 is 0 Å². The van der Waals surface area contributed by atoms with Crippen molar-refractivity contribution in [3.63, 3.8) is 0 Å². The molecular formula is C10H17Cl. The van der Waals surface area contributed by atoms with E-state index < -0.39 is 0 Å². The molecular weight excluding hydrogens is 156 g/mol. The average Bonchev–Trinajstić information content (AvgIpc) is 2.62. The Morgan fingerprint density at radius 2 is 1.73 bits per heavy atom. The van der Waals surface area contributed by atoms with Crippen molar-refractivity contribution >= 4 is 11.6 Å². The lowest BCUT2D eigenvalue weighted by Crippen LogP contribution is -2.22. The summed E-state index contributed by atoms with van der Waals surface area (Å²) in [6.07, 6.45) is 10.2. The van der Waals surface area contributed by atoms with Crippen molar-refractivity contribution in [3.05, 3.63) is 0 Å². The van der Waals surface area contributed by atoms with E-state index in [9.17, 15) is 0 Å². The number of halogens is 1. The maximum absolute atomic E-state index is 5.98. The van der Waals surface area contributed by atoms with Gasteiger partial charge in [0.25, 0.3) is 0 Å². The highest BCUT2D eigenvalue weighted by atomic mass is 35.5. The third-order valence-electron chi connectivity index (χ3n) is 3.88. The van der Waals surface area contributed by atoms with Crippen molar-refractivity contribution in [2.75, 3.05) is 5.88 Å². The topological polar surface area (TPSA) is 0 Å². The van der Waals surface area contributed by atoms with Gasteiger partial charge >= 0.3 is 0 Å². The third-order valence-corrected chi connectivity index (χ3v) is 4.25. The van der Waals surface area contributed by atoms with Crippen molar-refractivity contribution in [1.29, 1.82) is 0 Å². The number of hydrogen-bond donors (Lipinski definition) is 0. The van der Waals surface area contributed by atoms with Crippen LogP contribution in [0, 0.1) is 11.3 Å². The van der Waals surface area contributed by atoms with Crippen LogP contribution in [-0.2, 0) is 0 Å². The van der Waals surface area contributed by atoms with Crippen LogP contribution in [0.5, 0.6) is 0 Å². The number of rotatable bonds is 1. The third kappa shape index (κ3) is 1.20. The monoisotopic (exact) mass is 172 g/mol. The fraction of sp³-hybridized carbons (Fsp3) is 1.00. The van der Waals surface area contributed by atoms with Gasteiger partial charge in [-0.2, -0.15) is 0 Å². The minimum atomic E-state index is 0.724. The SMILES string of the molecule is ClCC1CCCC12CCCC2. The molecule has 2 saturated carbocycles. The summed E-state index contributed by atoms with van der Waals surface area (Å²) in [6, 6.07) is 0. The summed E-state index contributed by atoms with van der Waals surface area (Å²) in [7, 11) is 0. The minimum absolute atomic E-state index is 0.724. The van der Waals surface area contributed by atoms with Crippen LogP contribution in [0.15, 0.2) is 0 Å². The van der Waals surface area contributed by atoms with Gasteiger partial charge in [-0.25, -0.2) is 0 Å². The molecule has 0 aromatic rings. The molecule has 0 radical (unpaired) electrons. The van der Waals surface area contributed by atoms with Crippen LogP contribution in [0.4, 0.5) is 0 Å². The van der Waals surface area contributed by atoms with Crippen molar-refractivity contribution in [3.8, 4) is 0 Å². The molecule has 0 nitrogen and oxygen atoms in total. The number of alkyl halides is 1. The molecule has 2 aliphatic rings. The molecule has 0 aromatic heterocycles. The normalized spacial score (nSPS) is 35.2. The molecule has 0 amide bonds. The maximum atomic E-state index is 5.98. The fourth-order valence-corrected chi connectivity index (χ4v) is 3.67. The van der Waals surface area contributed by atoms with Crippen LogP contribution in [0.2, 0.25) is 0 Å². The first-order valence-electron chi connectivity index (χ1n) is 4.93. The van der Waals surface area contributed by atoms with E-state index in [1.54, 1.807) is 0 Å². The van der Waals surface area contributed by atoms with Gasteiger partial charge in [0, 0.05) is 5.88 Å². The van der Waals surface area contributed by atoms with Crippen LogP contribution in [0.1, 0.15) is 44.9 Å². The predicted molar refractivity (Wildman–Crippen MR) is 49.0 cm³/mol. The molecule has 0 aliphatic heterocycles. The van der Waals surface area contributed by atoms with Crippen molar-refractivity contribution in [1.82, 2.24) is 0 Å². The highest BCUT2D eigenvalue weighted by molar-refractivity contribution is 6.18. The lowest BCUT2D eigenvalue weighted by molar-refractivity contribution is 0.227. The summed E-state index contributed by atoms with van der Waals surface area (Å²) >= 11 is 5.98. The quantitative estimate of drug-likeness (QED) is 0.531. The zero-order valence-electron chi connectivity index (χ0n) is 7.11. The molecule has 0 aromatic carbocycles. The zero-order chi connectivity index (χ0) is 7.73. The first kappa shape index (κ1) is 7.91. The molecule has 1 atom stereocenters. The Morgan fingerprint density at radius 1 is 1.09 bits per heavy atom. The van der Waals surface area contributed by atoms with Crippen LogP contribution in [0.3, 0.4) is 0 Å². The van der Waals surface area contributed by atoms with Gasteiger partial charge in [0.05, 0.1) is 0 Å². The van der Waals surface area contributed by atoms with E-state index in [1.165, 1.54) is 44.9 Å². The second kappa shape index (κ2) is 2.97. The Bertz CT molecular complexity index is 130. The summed E-state index contributed by atoms with van der Waals surface area (Å²) in [5.41, 5.74) is 0.724. The Balaban J connectivity index is 2.09. The lowest BCUT2D eigenvalue weighted by atomic mass is 9.77. The van der Waals surface area contributed by atoms with Gasteiger partial charge in [-0.1, -0.05) is 19.3 Å². The van der Waals surface area contributed by atoms with E-state index in [0.717, 1.165) is 17.2 Å². The molecule has 1 heteroatoms. The second-order valence-electron chi connectivity index (χ2n) is 4.31. The smallest absolute Gasteiger partial charge is 0.0257 e. The Morgan fingerprint density at radius 3 is 2.36 bits per heavy atom. The molecule has 2 rings (SSSR count). The molecule has 64 valence electrons. The largest absolute Gasteiger partial charge is 0.126 e. The van der Waals surface area contributed by atoms with E-state index in [0.29, 0.717) is 0 Å². The summed E-state index contributed by atoms with van der Waals surface area (Å²) in [6.45, 7) is 0. The summed E-state index contributed by atoms with van der Waals surface area (Å²) in [5.74, 6) is 1.78. The van der Waals surface area contributed by atoms with E-state index in [1.807, 2.05) is 0 Å². The van der Waals surface area contributed by atoms with Crippen molar-refractivity contribution in [2.45, 2.75) is 44.9 Å². The summed E-state index contributed by atoms with van der Waals surface area (Å²) < 4.78 is 0. The zero-order valence-corrected chi connectivity index (χ0v) is 7.87. The van der Waals surface area contributed by atoms with Gasteiger partial charge < -0.3 is 0 Å². The summed E-state index contributed by atoms with van der Waals surface area (Å²) in [4.78, 5) is 0. The fourth-order valence-electron chi connectivity index (χ4n) is 3.19. The van der Waals surface area contributed by atoms with Crippen LogP contribution < -0.4 is 0 Å². The molecule has 0 saturated heterocycles. The van der Waals surface area contributed by atoms with Crippen molar-refractivity contribution in [2.24, 2.45) is 11.3 Å². The predicted octanol–water partition coefficient (Wildman–Crippen LogP) is 3.59. The minimum Gasteiger partial charge on any atom is -0.126 e. The Labute approximate surface area is 74.3 Å². The molecule has 0 N–H and O–H groups in total. The second-order valence-corrected chi connectivity index (χ2v) is 4.62. The van der Waals surface area contributed by atoms with E-state index in [4.69, 9.17) is 11.6 Å². The highest BCUT2D eigenvalue weighted by Gasteiger charge is 2.43. The summed E-state index contributed by atoms with van der Waals surface area (Å²) in [5, 5.41) is 0. The molecule has 1 unspecified atom stereocenters. The highest BCUT2D eigenvalue weighted by Crippen LogP contribution is 2.54. The lowest BCUT2D eigenvalue weighted by Gasteiger charge is -2.29. The van der Waals surface area contributed by atoms with Crippen LogP contribution in [-0.4, -0.2) is 5.88 Å². The Kier molecular flexibility index (Phi) is 2.14. The molecule has 0 heterocycles. The van der Waals surface area contributed by atoms with Gasteiger partial charge in [0.15, 0.2) is 0 Å². The first-order valence-corrected chi connectivity index (χ1v) is 5.47. The van der Waals surface area contributed by atoms with E-state index >= 15 is 0 Å². The van der Waals surface area contributed by atoms with Gasteiger partial charge in [-0.15, -0.1) is 11.6 Å². The maximum Gasteiger partial charge on any atom is 0.0257 e. The van der Waals surface area contributed by atoms with Gasteiger partial charge in [-0.05, 0) is 37.0 Å². The van der Waals surface area contributed by atoms with E-state index in [-0.39, 0.29) is 0 Å². The molecule has 2 aliphatic carbocycles. The molecule has 1 spiro atoms. The standard InChI is InChI=1S/C10H17Cl/c11-8-9-4-3-7-10(9)5-1-2-6-10/h9H,1-8H2. The van der Waals surface area contributed by atoms with Crippen LogP contribution in [0.25, 0.3) is 0 Å². The molecule has 0 bridgehead atoms. The number of hydrogen-bond acceptors (Lipinski definition) is 0. The average molecular weight is 173 g/mol. The first-order chi connectivity index (χ1) is 5.37. The Hall–Kier alpha value is 0.290. The van der Waals surface area contributed by atoms with E-state index in [2.05, 4.69) is 0 Å². The van der Waals surface area contributed by atoms with Gasteiger partial charge in [-0.3, -0.25) is 0 Å². The van der Waals surface area contributed by atoms with Gasteiger partial charge in [0.1, 0.15) is 0 Å². The van der Waals surface area contributed by atoms with Crippen LogP contribution >= 0.6 is 11.6 Å². The van der Waals surface area contributed by atoms with Gasteiger partial charge in [0.2, 0.25) is 0 Å². The molecule has 2 fully saturated rings.